The maximum atomic E-state index is 8.66. The van der Waals surface area contributed by atoms with Gasteiger partial charge in [-0.1, -0.05) is 0 Å². The lowest BCUT2D eigenvalue weighted by atomic mass is 10.2. The first kappa shape index (κ1) is 12.5. The minimum Gasteiger partial charge on any atom is -0.491 e. The van der Waals surface area contributed by atoms with E-state index in [-0.39, 0.29) is 12.6 Å². The summed E-state index contributed by atoms with van der Waals surface area (Å²) >= 11 is 0. The van der Waals surface area contributed by atoms with Crippen molar-refractivity contribution >= 4 is 5.69 Å². The van der Waals surface area contributed by atoms with E-state index in [2.05, 4.69) is 5.32 Å². The predicted octanol–water partition coefficient (Wildman–Crippen LogP) is 2.82. The highest BCUT2D eigenvalue weighted by Crippen LogP contribution is 2.21. The molecule has 0 saturated heterocycles. The first-order valence-electron chi connectivity index (χ1n) is 5.93. The maximum Gasteiger partial charge on any atom is 0.125 e. The summed E-state index contributed by atoms with van der Waals surface area (Å²) in [5.74, 6) is 1.65. The van der Waals surface area contributed by atoms with Gasteiger partial charge in [-0.2, -0.15) is 0 Å². The van der Waals surface area contributed by atoms with Crippen molar-refractivity contribution in [3.8, 4) is 5.75 Å². The molecule has 1 heterocycles. The smallest absolute Gasteiger partial charge is 0.125 e. The second-order valence-corrected chi connectivity index (χ2v) is 3.98. The minimum absolute atomic E-state index is 0.0233. The van der Waals surface area contributed by atoms with Gasteiger partial charge in [0.25, 0.3) is 0 Å². The Morgan fingerprint density at radius 1 is 1.28 bits per heavy atom. The number of furan rings is 1. The van der Waals surface area contributed by atoms with E-state index in [4.69, 9.17) is 14.3 Å². The molecule has 0 radical (unpaired) electrons. The monoisotopic (exact) mass is 247 g/mol. The van der Waals surface area contributed by atoms with Crippen LogP contribution in [-0.2, 0) is 0 Å². The molecule has 0 aliphatic rings. The molecule has 0 bridgehead atoms. The number of aliphatic hydroxyl groups is 1. The van der Waals surface area contributed by atoms with E-state index in [0.29, 0.717) is 6.61 Å². The van der Waals surface area contributed by atoms with Crippen LogP contribution in [0.15, 0.2) is 47.1 Å². The quantitative estimate of drug-likeness (QED) is 0.824. The summed E-state index contributed by atoms with van der Waals surface area (Å²) in [4.78, 5) is 0. The lowest BCUT2D eigenvalue weighted by Gasteiger charge is -2.13. The third kappa shape index (κ3) is 3.28. The molecule has 96 valence electrons. The summed E-state index contributed by atoms with van der Waals surface area (Å²) in [6.07, 6.45) is 1.67. The van der Waals surface area contributed by atoms with Gasteiger partial charge in [0.15, 0.2) is 0 Å². The molecule has 4 nitrogen and oxygen atoms in total. The number of ether oxygens (including phenoxy) is 1. The van der Waals surface area contributed by atoms with Crippen molar-refractivity contribution in [2.24, 2.45) is 0 Å². The van der Waals surface area contributed by atoms with E-state index in [0.717, 1.165) is 17.2 Å². The Balaban J connectivity index is 1.93. The molecule has 0 amide bonds. The molecular weight excluding hydrogens is 230 g/mol. The fourth-order valence-corrected chi connectivity index (χ4v) is 1.67. The van der Waals surface area contributed by atoms with E-state index in [1.165, 1.54) is 0 Å². The Bertz CT molecular complexity index is 450. The number of aliphatic hydroxyl groups excluding tert-OH is 1. The number of rotatable bonds is 6. The number of hydrogen-bond donors (Lipinski definition) is 2. The zero-order chi connectivity index (χ0) is 12.8. The van der Waals surface area contributed by atoms with Gasteiger partial charge in [-0.15, -0.1) is 0 Å². The summed E-state index contributed by atoms with van der Waals surface area (Å²) < 4.78 is 10.6. The summed E-state index contributed by atoms with van der Waals surface area (Å²) in [5, 5.41) is 12.0. The Kier molecular flexibility index (Phi) is 4.25. The third-order valence-corrected chi connectivity index (χ3v) is 2.57. The summed E-state index contributed by atoms with van der Waals surface area (Å²) in [6, 6.07) is 11.5. The molecule has 2 N–H and O–H groups in total. The van der Waals surface area contributed by atoms with Crippen LogP contribution >= 0.6 is 0 Å². The van der Waals surface area contributed by atoms with Crippen LogP contribution in [0.25, 0.3) is 0 Å². The zero-order valence-corrected chi connectivity index (χ0v) is 10.3. The highest BCUT2D eigenvalue weighted by Gasteiger charge is 2.07. The zero-order valence-electron chi connectivity index (χ0n) is 10.3. The molecule has 0 spiro atoms. The average molecular weight is 247 g/mol. The average Bonchev–Trinajstić information content (AvgIpc) is 2.92. The van der Waals surface area contributed by atoms with Crippen LogP contribution in [-0.4, -0.2) is 18.3 Å². The van der Waals surface area contributed by atoms with Gasteiger partial charge >= 0.3 is 0 Å². The van der Waals surface area contributed by atoms with Crippen molar-refractivity contribution in [1.29, 1.82) is 0 Å². The van der Waals surface area contributed by atoms with Crippen molar-refractivity contribution in [3.05, 3.63) is 48.4 Å². The molecule has 0 aliphatic carbocycles. The van der Waals surface area contributed by atoms with Crippen LogP contribution in [0.3, 0.4) is 0 Å². The Labute approximate surface area is 106 Å². The van der Waals surface area contributed by atoms with Crippen LogP contribution < -0.4 is 10.1 Å². The third-order valence-electron chi connectivity index (χ3n) is 2.57. The van der Waals surface area contributed by atoms with E-state index in [1.54, 1.807) is 6.26 Å². The van der Waals surface area contributed by atoms with Crippen LogP contribution in [0.4, 0.5) is 5.69 Å². The van der Waals surface area contributed by atoms with Crippen molar-refractivity contribution in [2.45, 2.75) is 13.0 Å². The molecule has 0 fully saturated rings. The van der Waals surface area contributed by atoms with Gasteiger partial charge in [0.05, 0.1) is 18.9 Å². The normalized spacial score (nSPS) is 12.1. The molecule has 1 unspecified atom stereocenters. The summed E-state index contributed by atoms with van der Waals surface area (Å²) in [5.41, 5.74) is 0.996. The highest BCUT2D eigenvalue weighted by atomic mass is 16.5. The van der Waals surface area contributed by atoms with Gasteiger partial charge in [-0.25, -0.2) is 0 Å². The van der Waals surface area contributed by atoms with Crippen LogP contribution in [0.5, 0.6) is 5.75 Å². The van der Waals surface area contributed by atoms with Gasteiger partial charge < -0.3 is 19.6 Å². The largest absolute Gasteiger partial charge is 0.491 e. The molecule has 18 heavy (non-hydrogen) atoms. The lowest BCUT2D eigenvalue weighted by molar-refractivity contribution is 0.201. The van der Waals surface area contributed by atoms with E-state index >= 15 is 0 Å². The van der Waals surface area contributed by atoms with Crippen molar-refractivity contribution < 1.29 is 14.3 Å². The van der Waals surface area contributed by atoms with E-state index < -0.39 is 0 Å². The number of benzene rings is 1. The first-order valence-corrected chi connectivity index (χ1v) is 5.93. The van der Waals surface area contributed by atoms with E-state index in [1.807, 2.05) is 43.3 Å². The minimum atomic E-state index is 0.0233. The SMILES string of the molecule is CC(Nc1ccc(OCCO)cc1)c1ccco1. The van der Waals surface area contributed by atoms with Gasteiger partial charge in [0.2, 0.25) is 0 Å². The molecule has 2 aromatic rings. The Morgan fingerprint density at radius 3 is 2.67 bits per heavy atom. The standard InChI is InChI=1S/C14H17NO3/c1-11(14-3-2-9-18-14)15-12-4-6-13(7-5-12)17-10-8-16/h2-7,9,11,15-16H,8,10H2,1H3. The number of hydrogen-bond acceptors (Lipinski definition) is 4. The Morgan fingerprint density at radius 2 is 2.06 bits per heavy atom. The van der Waals surface area contributed by atoms with Crippen LogP contribution in [0.1, 0.15) is 18.7 Å². The predicted molar refractivity (Wildman–Crippen MR) is 69.8 cm³/mol. The van der Waals surface area contributed by atoms with Crippen molar-refractivity contribution in [3.63, 3.8) is 0 Å². The molecule has 1 atom stereocenters. The molecule has 4 heteroatoms. The molecule has 1 aromatic carbocycles. The maximum absolute atomic E-state index is 8.66. The number of nitrogens with one attached hydrogen (secondary N) is 1. The number of anilines is 1. The van der Waals surface area contributed by atoms with Crippen molar-refractivity contribution in [2.75, 3.05) is 18.5 Å². The van der Waals surface area contributed by atoms with Gasteiger partial charge in [0, 0.05) is 5.69 Å². The molecule has 1 aromatic heterocycles. The van der Waals surface area contributed by atoms with Gasteiger partial charge in [-0.05, 0) is 43.3 Å². The van der Waals surface area contributed by atoms with Crippen molar-refractivity contribution in [1.82, 2.24) is 0 Å². The second-order valence-electron chi connectivity index (χ2n) is 3.98. The Hall–Kier alpha value is -1.94. The summed E-state index contributed by atoms with van der Waals surface area (Å²) in [7, 11) is 0. The topological polar surface area (TPSA) is 54.6 Å². The molecular formula is C14H17NO3. The van der Waals surface area contributed by atoms with Crippen LogP contribution in [0, 0.1) is 0 Å². The van der Waals surface area contributed by atoms with Crippen LogP contribution in [0.2, 0.25) is 0 Å². The molecule has 0 aliphatic heterocycles. The molecule has 2 rings (SSSR count). The van der Waals surface area contributed by atoms with Gasteiger partial charge in [-0.3, -0.25) is 0 Å². The summed E-state index contributed by atoms with van der Waals surface area (Å²) in [6.45, 7) is 2.38. The van der Waals surface area contributed by atoms with Gasteiger partial charge in [0.1, 0.15) is 18.1 Å². The lowest BCUT2D eigenvalue weighted by Crippen LogP contribution is -2.05. The second kappa shape index (κ2) is 6.12. The first-order chi connectivity index (χ1) is 8.79. The fourth-order valence-electron chi connectivity index (χ4n) is 1.67. The fraction of sp³-hybridized carbons (Fsp3) is 0.286. The highest BCUT2D eigenvalue weighted by molar-refractivity contribution is 5.47. The molecule has 0 saturated carbocycles. The van der Waals surface area contributed by atoms with E-state index in [9.17, 15) is 0 Å².